The van der Waals surface area contributed by atoms with Crippen molar-refractivity contribution in [3.8, 4) is 0 Å². The predicted molar refractivity (Wildman–Crippen MR) is 68.2 cm³/mol. The molecule has 0 saturated carbocycles. The Bertz CT molecular complexity index is 530. The first-order chi connectivity index (χ1) is 8.16. The highest BCUT2D eigenvalue weighted by Crippen LogP contribution is 2.24. The van der Waals surface area contributed by atoms with E-state index in [1.165, 1.54) is 6.33 Å². The average Bonchev–Trinajstić information content (AvgIpc) is 2.31. The van der Waals surface area contributed by atoms with Crippen LogP contribution in [-0.4, -0.2) is 19.9 Å². The predicted octanol–water partition coefficient (Wildman–Crippen LogP) is 1.53. The minimum absolute atomic E-state index is 0.404. The number of nitrogen functional groups attached to an aromatic ring is 1. The van der Waals surface area contributed by atoms with Gasteiger partial charge in [-0.25, -0.2) is 19.9 Å². The molecule has 2 heterocycles. The summed E-state index contributed by atoms with van der Waals surface area (Å²) in [6.45, 7) is 2.40. The molecule has 0 saturated heterocycles. The van der Waals surface area contributed by atoms with Gasteiger partial charge in [-0.05, 0) is 28.9 Å². The number of hydrogen-bond donors (Lipinski definition) is 2. The van der Waals surface area contributed by atoms with Gasteiger partial charge >= 0.3 is 0 Å². The van der Waals surface area contributed by atoms with Crippen LogP contribution in [0.25, 0.3) is 0 Å². The zero-order chi connectivity index (χ0) is 12.3. The Morgan fingerprint density at radius 2 is 2.18 bits per heavy atom. The molecule has 0 aliphatic heterocycles. The second kappa shape index (κ2) is 5.05. The molecular weight excluding hydrogens is 284 g/mol. The molecule has 0 bridgehead atoms. The summed E-state index contributed by atoms with van der Waals surface area (Å²) in [6, 6.07) is 1.85. The van der Waals surface area contributed by atoms with E-state index >= 15 is 0 Å². The van der Waals surface area contributed by atoms with Crippen molar-refractivity contribution in [2.24, 2.45) is 0 Å². The summed E-state index contributed by atoms with van der Waals surface area (Å²) in [6.07, 6.45) is 3.14. The number of halogens is 1. The summed E-state index contributed by atoms with van der Waals surface area (Å²) >= 11 is 3.32. The smallest absolute Gasteiger partial charge is 0.146 e. The van der Waals surface area contributed by atoms with Crippen LogP contribution in [0.3, 0.4) is 0 Å². The third-order valence-corrected chi connectivity index (χ3v) is 2.87. The second-order valence-corrected chi connectivity index (χ2v) is 4.16. The number of nitrogens with zero attached hydrogens (tertiary/aromatic N) is 4. The number of aromatic nitrogens is 4. The molecule has 0 spiro atoms. The Hall–Kier alpha value is -1.76. The molecule has 2 aromatic heterocycles. The molecule has 88 valence electrons. The van der Waals surface area contributed by atoms with Crippen molar-refractivity contribution < 1.29 is 0 Å². The van der Waals surface area contributed by atoms with E-state index < -0.39 is 0 Å². The molecule has 0 fully saturated rings. The molecule has 17 heavy (non-hydrogen) atoms. The van der Waals surface area contributed by atoms with Gasteiger partial charge in [0, 0.05) is 6.20 Å². The van der Waals surface area contributed by atoms with E-state index in [1.54, 1.807) is 6.20 Å². The van der Waals surface area contributed by atoms with Crippen LogP contribution in [-0.2, 0) is 6.54 Å². The summed E-state index contributed by atoms with van der Waals surface area (Å²) in [5.41, 5.74) is 6.54. The largest absolute Gasteiger partial charge is 0.383 e. The molecule has 7 heteroatoms. The van der Waals surface area contributed by atoms with Crippen LogP contribution >= 0.6 is 15.9 Å². The summed E-state index contributed by atoms with van der Waals surface area (Å²) in [7, 11) is 0. The van der Waals surface area contributed by atoms with Gasteiger partial charge in [-0.1, -0.05) is 0 Å². The minimum Gasteiger partial charge on any atom is -0.383 e. The van der Waals surface area contributed by atoms with Crippen LogP contribution in [0.1, 0.15) is 11.5 Å². The van der Waals surface area contributed by atoms with Crippen LogP contribution in [0.4, 0.5) is 11.6 Å². The highest BCUT2D eigenvalue weighted by atomic mass is 79.9. The van der Waals surface area contributed by atoms with Crippen LogP contribution in [0.5, 0.6) is 0 Å². The maximum atomic E-state index is 5.65. The number of nitrogens with one attached hydrogen (secondary N) is 1. The van der Waals surface area contributed by atoms with Gasteiger partial charge in [0.05, 0.1) is 12.2 Å². The standard InChI is InChI=1S/C10H11BrN6/c1-6-13-3-2-7(17-6)4-14-10-8(11)9(12)15-5-16-10/h2-3,5H,4H2,1H3,(H3,12,14,15,16). The number of hydrogen-bond acceptors (Lipinski definition) is 6. The fraction of sp³-hybridized carbons (Fsp3) is 0.200. The van der Waals surface area contributed by atoms with Crippen molar-refractivity contribution >= 4 is 27.6 Å². The fourth-order valence-corrected chi connectivity index (χ4v) is 1.63. The number of nitrogens with two attached hydrogens (primary N) is 1. The first kappa shape index (κ1) is 11.7. The van der Waals surface area contributed by atoms with Crippen LogP contribution < -0.4 is 11.1 Å². The zero-order valence-corrected chi connectivity index (χ0v) is 10.8. The van der Waals surface area contributed by atoms with Gasteiger partial charge in [-0.3, -0.25) is 0 Å². The van der Waals surface area contributed by atoms with Crippen molar-refractivity contribution in [2.45, 2.75) is 13.5 Å². The van der Waals surface area contributed by atoms with E-state index in [0.717, 1.165) is 11.5 Å². The van der Waals surface area contributed by atoms with E-state index in [2.05, 4.69) is 41.2 Å². The summed E-state index contributed by atoms with van der Waals surface area (Å²) < 4.78 is 0.658. The number of aryl methyl sites for hydroxylation is 1. The van der Waals surface area contributed by atoms with E-state index in [-0.39, 0.29) is 0 Å². The first-order valence-electron chi connectivity index (χ1n) is 4.95. The quantitative estimate of drug-likeness (QED) is 0.892. The zero-order valence-electron chi connectivity index (χ0n) is 9.18. The molecule has 6 nitrogen and oxygen atoms in total. The van der Waals surface area contributed by atoms with Crippen molar-refractivity contribution in [3.63, 3.8) is 0 Å². The Balaban J connectivity index is 2.10. The first-order valence-corrected chi connectivity index (χ1v) is 5.74. The lowest BCUT2D eigenvalue weighted by Gasteiger charge is -2.07. The van der Waals surface area contributed by atoms with Crippen molar-refractivity contribution in [3.05, 3.63) is 34.6 Å². The third kappa shape index (κ3) is 2.88. The minimum atomic E-state index is 0.404. The van der Waals surface area contributed by atoms with Crippen LogP contribution in [0.15, 0.2) is 23.1 Å². The third-order valence-electron chi connectivity index (χ3n) is 2.09. The van der Waals surface area contributed by atoms with Crippen molar-refractivity contribution in [2.75, 3.05) is 11.1 Å². The topological polar surface area (TPSA) is 89.6 Å². The highest BCUT2D eigenvalue weighted by molar-refractivity contribution is 9.10. The molecule has 0 aromatic carbocycles. The van der Waals surface area contributed by atoms with E-state index in [4.69, 9.17) is 5.73 Å². The Labute approximate surface area is 107 Å². The van der Waals surface area contributed by atoms with E-state index in [0.29, 0.717) is 22.7 Å². The molecule has 0 atom stereocenters. The molecule has 3 N–H and O–H groups in total. The van der Waals surface area contributed by atoms with Gasteiger partial charge in [0.15, 0.2) is 0 Å². The molecule has 0 radical (unpaired) electrons. The summed E-state index contributed by atoms with van der Waals surface area (Å²) in [4.78, 5) is 16.3. The molecule has 2 aromatic rings. The van der Waals surface area contributed by atoms with Gasteiger partial charge in [-0.2, -0.15) is 0 Å². The molecule has 0 aliphatic carbocycles. The summed E-state index contributed by atoms with van der Waals surface area (Å²) in [5, 5.41) is 3.13. The molecular formula is C10H11BrN6. The van der Waals surface area contributed by atoms with Gasteiger partial charge in [0.1, 0.15) is 28.3 Å². The monoisotopic (exact) mass is 294 g/mol. The molecule has 0 aliphatic rings. The van der Waals surface area contributed by atoms with Crippen molar-refractivity contribution in [1.29, 1.82) is 0 Å². The maximum absolute atomic E-state index is 5.65. The van der Waals surface area contributed by atoms with E-state index in [9.17, 15) is 0 Å². The second-order valence-electron chi connectivity index (χ2n) is 3.37. The lowest BCUT2D eigenvalue weighted by molar-refractivity contribution is 0.947. The number of rotatable bonds is 3. The van der Waals surface area contributed by atoms with Gasteiger partial charge in [0.2, 0.25) is 0 Å². The van der Waals surface area contributed by atoms with Crippen LogP contribution in [0, 0.1) is 6.92 Å². The van der Waals surface area contributed by atoms with Gasteiger partial charge in [0.25, 0.3) is 0 Å². The van der Waals surface area contributed by atoms with Gasteiger partial charge < -0.3 is 11.1 Å². The van der Waals surface area contributed by atoms with Crippen LogP contribution in [0.2, 0.25) is 0 Å². The SMILES string of the molecule is Cc1nccc(CNc2ncnc(N)c2Br)n1. The Morgan fingerprint density at radius 1 is 1.35 bits per heavy atom. The Morgan fingerprint density at radius 3 is 2.94 bits per heavy atom. The van der Waals surface area contributed by atoms with Crippen molar-refractivity contribution in [1.82, 2.24) is 19.9 Å². The molecule has 0 unspecified atom stereocenters. The maximum Gasteiger partial charge on any atom is 0.146 e. The normalized spacial score (nSPS) is 10.2. The lowest BCUT2D eigenvalue weighted by atomic mass is 10.4. The van der Waals surface area contributed by atoms with Gasteiger partial charge in [-0.15, -0.1) is 0 Å². The molecule has 2 rings (SSSR count). The summed E-state index contributed by atoms with van der Waals surface area (Å²) in [5.74, 6) is 1.79. The van der Waals surface area contributed by atoms with E-state index in [1.807, 2.05) is 13.0 Å². The lowest BCUT2D eigenvalue weighted by Crippen LogP contribution is -2.06. The molecule has 0 amide bonds. The number of anilines is 2. The highest BCUT2D eigenvalue weighted by Gasteiger charge is 2.05. The Kier molecular flexibility index (Phi) is 3.48. The average molecular weight is 295 g/mol. The fourth-order valence-electron chi connectivity index (χ4n) is 1.28.